The largest absolute Gasteiger partial charge is 0.480 e. The molecule has 0 bridgehead atoms. The van der Waals surface area contributed by atoms with Gasteiger partial charge in [-0.25, -0.2) is 4.99 Å². The first-order valence-corrected chi connectivity index (χ1v) is 7.60. The Labute approximate surface area is 122 Å². The minimum absolute atomic E-state index is 0.515. The van der Waals surface area contributed by atoms with Crippen LogP contribution >= 0.6 is 0 Å². The summed E-state index contributed by atoms with van der Waals surface area (Å²) in [6.45, 7) is 0.651. The van der Waals surface area contributed by atoms with Crippen LogP contribution in [0.25, 0.3) is 5.57 Å². The minimum Gasteiger partial charge on any atom is -0.480 e. The maximum Gasteiger partial charge on any atom is 0.321 e. The third-order valence-electron chi connectivity index (χ3n) is 4.89. The van der Waals surface area contributed by atoms with Crippen molar-refractivity contribution in [2.45, 2.75) is 31.7 Å². The second kappa shape index (κ2) is 4.81. The fourth-order valence-electron chi connectivity index (χ4n) is 3.48. The normalized spacial score (nSPS) is 24.8. The van der Waals surface area contributed by atoms with E-state index in [4.69, 9.17) is 4.99 Å². The van der Waals surface area contributed by atoms with Crippen LogP contribution in [-0.2, 0) is 4.79 Å². The monoisotopic (exact) mass is 282 g/mol. The summed E-state index contributed by atoms with van der Waals surface area (Å²) in [6.07, 6.45) is 4.20. The van der Waals surface area contributed by atoms with Crippen molar-refractivity contribution in [3.63, 3.8) is 0 Å². The summed E-state index contributed by atoms with van der Waals surface area (Å²) in [4.78, 5) is 16.3. The molecule has 1 aromatic rings. The van der Waals surface area contributed by atoms with E-state index >= 15 is 0 Å². The van der Waals surface area contributed by atoms with Crippen LogP contribution in [0, 0.1) is 5.92 Å². The fourth-order valence-corrected chi connectivity index (χ4v) is 3.48. The van der Waals surface area contributed by atoms with E-state index in [2.05, 4.69) is 11.4 Å². The molecule has 2 heterocycles. The van der Waals surface area contributed by atoms with Crippen LogP contribution in [0.2, 0.25) is 0 Å². The average molecular weight is 282 g/mol. The molecule has 4 nitrogen and oxygen atoms in total. The number of carboxylic acids is 1. The number of allylic oxidation sites excluding steroid dienone is 1. The second-order valence-corrected chi connectivity index (χ2v) is 6.09. The first-order valence-electron chi connectivity index (χ1n) is 7.60. The van der Waals surface area contributed by atoms with Gasteiger partial charge in [0.05, 0.1) is 11.1 Å². The van der Waals surface area contributed by atoms with Crippen molar-refractivity contribution in [2.75, 3.05) is 6.54 Å². The van der Waals surface area contributed by atoms with E-state index in [1.165, 1.54) is 24.8 Å². The van der Waals surface area contributed by atoms with Gasteiger partial charge >= 0.3 is 5.97 Å². The highest BCUT2D eigenvalue weighted by molar-refractivity contribution is 5.79. The van der Waals surface area contributed by atoms with Crippen molar-refractivity contribution in [2.24, 2.45) is 10.9 Å². The van der Waals surface area contributed by atoms with Gasteiger partial charge in [-0.2, -0.15) is 0 Å². The Morgan fingerprint density at radius 3 is 2.81 bits per heavy atom. The topological polar surface area (TPSA) is 61.7 Å². The average Bonchev–Trinajstić information content (AvgIpc) is 2.68. The van der Waals surface area contributed by atoms with Crippen LogP contribution < -0.4 is 15.9 Å². The molecule has 0 radical (unpaired) electrons. The maximum absolute atomic E-state index is 11.4. The number of hydrogen-bond donors (Lipinski definition) is 2. The number of aliphatic carboxylic acids is 1. The first-order chi connectivity index (χ1) is 10.2. The number of fused-ring (bicyclic) bond motifs is 2. The van der Waals surface area contributed by atoms with E-state index in [0.29, 0.717) is 18.9 Å². The minimum atomic E-state index is -0.777. The summed E-state index contributed by atoms with van der Waals surface area (Å²) < 4.78 is 0. The van der Waals surface area contributed by atoms with Crippen LogP contribution in [0.5, 0.6) is 0 Å². The molecule has 0 amide bonds. The van der Waals surface area contributed by atoms with Gasteiger partial charge in [0.2, 0.25) is 0 Å². The van der Waals surface area contributed by atoms with Crippen molar-refractivity contribution in [3.05, 3.63) is 46.1 Å². The van der Waals surface area contributed by atoms with Crippen LogP contribution in [-0.4, -0.2) is 23.7 Å². The van der Waals surface area contributed by atoms with Gasteiger partial charge in [-0.05, 0) is 36.0 Å². The number of carbonyl (C=O) groups is 1. The number of hydrogen-bond acceptors (Lipinski definition) is 3. The molecule has 0 aromatic heterocycles. The van der Waals surface area contributed by atoms with Gasteiger partial charge in [0.1, 0.15) is 6.04 Å². The molecule has 2 N–H and O–H groups in total. The SMILES string of the molecule is O=C(O)C1CC2=c3ccccc3=NC2=C(C2CCC2)CN1. The molecule has 1 unspecified atom stereocenters. The summed E-state index contributed by atoms with van der Waals surface area (Å²) in [5.41, 5.74) is 3.50. The van der Waals surface area contributed by atoms with Crippen molar-refractivity contribution >= 4 is 11.5 Å². The van der Waals surface area contributed by atoms with E-state index in [1.807, 2.05) is 18.2 Å². The molecule has 4 heteroatoms. The van der Waals surface area contributed by atoms with Gasteiger partial charge in [0.15, 0.2) is 0 Å². The molecule has 21 heavy (non-hydrogen) atoms. The summed E-state index contributed by atoms with van der Waals surface area (Å²) in [5.74, 6) is -0.200. The predicted molar refractivity (Wildman–Crippen MR) is 79.0 cm³/mol. The van der Waals surface area contributed by atoms with E-state index in [0.717, 1.165) is 21.8 Å². The number of benzene rings is 1. The van der Waals surface area contributed by atoms with Crippen molar-refractivity contribution < 1.29 is 9.90 Å². The molecule has 0 spiro atoms. The van der Waals surface area contributed by atoms with Gasteiger partial charge in [0, 0.05) is 18.2 Å². The molecule has 1 atom stereocenters. The van der Waals surface area contributed by atoms with E-state index < -0.39 is 12.0 Å². The number of carboxylic acid groups (broad SMARTS) is 1. The molecular formula is C17H18N2O2. The highest BCUT2D eigenvalue weighted by Gasteiger charge is 2.33. The van der Waals surface area contributed by atoms with Gasteiger partial charge in [-0.1, -0.05) is 24.6 Å². The third kappa shape index (κ3) is 2.02. The van der Waals surface area contributed by atoms with Gasteiger partial charge in [0.25, 0.3) is 0 Å². The summed E-state index contributed by atoms with van der Waals surface area (Å²) in [6, 6.07) is 7.55. The molecule has 1 aliphatic carbocycles. The van der Waals surface area contributed by atoms with E-state index in [9.17, 15) is 9.90 Å². The molecule has 1 saturated carbocycles. The van der Waals surface area contributed by atoms with Crippen LogP contribution in [0.1, 0.15) is 25.7 Å². The molecule has 2 aliphatic heterocycles. The number of nitrogens with one attached hydrogen (secondary N) is 1. The van der Waals surface area contributed by atoms with Gasteiger partial charge in [-0.3, -0.25) is 4.79 Å². The van der Waals surface area contributed by atoms with Crippen LogP contribution in [0.4, 0.5) is 0 Å². The molecule has 1 aromatic carbocycles. The second-order valence-electron chi connectivity index (χ2n) is 6.09. The molecule has 3 aliphatic rings. The zero-order valence-electron chi connectivity index (χ0n) is 11.8. The quantitative estimate of drug-likeness (QED) is 0.849. The van der Waals surface area contributed by atoms with Crippen LogP contribution in [0.15, 0.2) is 40.5 Å². The third-order valence-corrected chi connectivity index (χ3v) is 4.89. The molecule has 4 rings (SSSR count). The maximum atomic E-state index is 11.4. The summed E-state index contributed by atoms with van der Waals surface area (Å²) >= 11 is 0. The lowest BCUT2D eigenvalue weighted by Gasteiger charge is -2.29. The molecule has 1 fully saturated rings. The lowest BCUT2D eigenvalue weighted by atomic mass is 9.78. The highest BCUT2D eigenvalue weighted by atomic mass is 16.4. The van der Waals surface area contributed by atoms with E-state index in [-0.39, 0.29) is 0 Å². The lowest BCUT2D eigenvalue weighted by molar-refractivity contribution is -0.139. The van der Waals surface area contributed by atoms with Crippen LogP contribution in [0.3, 0.4) is 0 Å². The Balaban J connectivity index is 1.90. The van der Waals surface area contributed by atoms with Crippen molar-refractivity contribution in [1.29, 1.82) is 0 Å². The smallest absolute Gasteiger partial charge is 0.321 e. The lowest BCUT2D eigenvalue weighted by Crippen LogP contribution is -2.38. The number of para-hydroxylation sites is 1. The van der Waals surface area contributed by atoms with Crippen molar-refractivity contribution in [3.8, 4) is 0 Å². The Kier molecular flexibility index (Phi) is 2.93. The zero-order chi connectivity index (χ0) is 14.4. The van der Waals surface area contributed by atoms with Crippen molar-refractivity contribution in [1.82, 2.24) is 5.32 Å². The zero-order valence-corrected chi connectivity index (χ0v) is 11.8. The highest BCUT2D eigenvalue weighted by Crippen LogP contribution is 2.38. The predicted octanol–water partition coefficient (Wildman–Crippen LogP) is 0.971. The Morgan fingerprint density at radius 1 is 1.29 bits per heavy atom. The molecular weight excluding hydrogens is 264 g/mol. The Hall–Kier alpha value is -1.94. The molecule has 0 saturated heterocycles. The van der Waals surface area contributed by atoms with Gasteiger partial charge in [-0.15, -0.1) is 0 Å². The summed E-state index contributed by atoms with van der Waals surface area (Å²) in [7, 11) is 0. The Morgan fingerprint density at radius 2 is 2.10 bits per heavy atom. The Bertz CT molecular complexity index is 759. The van der Waals surface area contributed by atoms with E-state index in [1.54, 1.807) is 0 Å². The standard InChI is InChI=1S/C17H18N2O2/c20-17(21)15-8-12-11-6-1-2-7-14(11)19-16(12)13(9-18-15)10-4-3-5-10/h1-2,6-7,10,15,18H,3-5,8-9H2,(H,20,21). The fraction of sp³-hybridized carbons (Fsp3) is 0.412. The van der Waals surface area contributed by atoms with Gasteiger partial charge < -0.3 is 10.4 Å². The summed E-state index contributed by atoms with van der Waals surface area (Å²) in [5, 5.41) is 14.7. The number of nitrogens with zero attached hydrogens (tertiary/aromatic N) is 1. The molecule has 108 valence electrons. The first kappa shape index (κ1) is 12.8. The number of rotatable bonds is 2.